The van der Waals surface area contributed by atoms with Crippen LogP contribution in [-0.4, -0.2) is 75.2 Å². The molecule has 0 unspecified atom stereocenters. The Hall–Kier alpha value is -1.14. The van der Waals surface area contributed by atoms with Gasteiger partial charge in [0.2, 0.25) is 0 Å². The number of rotatable bonds is 11. The van der Waals surface area contributed by atoms with Gasteiger partial charge < -0.3 is 19.3 Å². The van der Waals surface area contributed by atoms with Crippen LogP contribution in [0.2, 0.25) is 0 Å². The van der Waals surface area contributed by atoms with E-state index in [1.54, 1.807) is 13.8 Å². The van der Waals surface area contributed by atoms with Crippen LogP contribution in [0.3, 0.4) is 0 Å². The zero-order chi connectivity index (χ0) is 15.4. The molecule has 0 aliphatic heterocycles. The van der Waals surface area contributed by atoms with Crippen LogP contribution in [0.25, 0.3) is 0 Å². The lowest BCUT2D eigenvalue weighted by molar-refractivity contribution is -0.144. The molecule has 0 radical (unpaired) electrons. The van der Waals surface area contributed by atoms with E-state index in [1.165, 1.54) is 0 Å². The molecule has 0 bridgehead atoms. The SMILES string of the molecule is CCOC(=O)CCN(C)CCN(C)CCC(=O)OCC. The van der Waals surface area contributed by atoms with Gasteiger partial charge in [0.15, 0.2) is 0 Å². The first kappa shape index (κ1) is 18.9. The first-order valence-electron chi connectivity index (χ1n) is 7.17. The number of ether oxygens (including phenoxy) is 2. The normalized spacial score (nSPS) is 10.9. The number of hydrogen-bond acceptors (Lipinski definition) is 6. The minimum atomic E-state index is -0.157. The minimum Gasteiger partial charge on any atom is -0.466 e. The molecule has 6 heteroatoms. The molecular weight excluding hydrogens is 260 g/mol. The van der Waals surface area contributed by atoms with E-state index in [2.05, 4.69) is 9.80 Å². The Morgan fingerprint density at radius 1 is 0.750 bits per heavy atom. The van der Waals surface area contributed by atoms with Gasteiger partial charge in [-0.05, 0) is 27.9 Å². The van der Waals surface area contributed by atoms with Gasteiger partial charge in [0, 0.05) is 26.2 Å². The number of likely N-dealkylation sites (N-methyl/N-ethyl adjacent to an activating group) is 2. The lowest BCUT2D eigenvalue weighted by Gasteiger charge is -2.21. The van der Waals surface area contributed by atoms with Crippen LogP contribution < -0.4 is 0 Å². The Bertz CT molecular complexity index is 256. The number of carbonyl (C=O) groups excluding carboxylic acids is 2. The molecule has 0 saturated carbocycles. The second kappa shape index (κ2) is 11.7. The summed E-state index contributed by atoms with van der Waals surface area (Å²) in [6.07, 6.45) is 0.827. The monoisotopic (exact) mass is 288 g/mol. The second-order valence-electron chi connectivity index (χ2n) is 4.72. The van der Waals surface area contributed by atoms with Gasteiger partial charge in [-0.15, -0.1) is 0 Å². The van der Waals surface area contributed by atoms with Crippen LogP contribution in [0.15, 0.2) is 0 Å². The molecule has 0 amide bonds. The average Bonchev–Trinajstić information content (AvgIpc) is 2.41. The van der Waals surface area contributed by atoms with Crippen molar-refractivity contribution in [2.75, 3.05) is 53.5 Å². The van der Waals surface area contributed by atoms with Gasteiger partial charge in [-0.2, -0.15) is 0 Å². The van der Waals surface area contributed by atoms with Crippen molar-refractivity contribution in [1.82, 2.24) is 9.80 Å². The van der Waals surface area contributed by atoms with E-state index in [1.807, 2.05) is 14.1 Å². The zero-order valence-electron chi connectivity index (χ0n) is 13.2. The molecule has 0 aliphatic carbocycles. The van der Waals surface area contributed by atoms with E-state index in [9.17, 15) is 9.59 Å². The van der Waals surface area contributed by atoms with E-state index >= 15 is 0 Å². The highest BCUT2D eigenvalue weighted by Crippen LogP contribution is 1.94. The van der Waals surface area contributed by atoms with E-state index in [-0.39, 0.29) is 11.9 Å². The first-order valence-corrected chi connectivity index (χ1v) is 7.17. The standard InChI is InChI=1S/C14H28N2O4/c1-5-19-13(17)7-9-15(3)11-12-16(4)10-8-14(18)20-6-2/h5-12H2,1-4H3. The predicted octanol–water partition coefficient (Wildman–Crippen LogP) is 0.756. The number of carbonyl (C=O) groups is 2. The van der Waals surface area contributed by atoms with Crippen LogP contribution in [-0.2, 0) is 19.1 Å². The Kier molecular flexibility index (Phi) is 11.0. The largest absolute Gasteiger partial charge is 0.466 e. The average molecular weight is 288 g/mol. The highest BCUT2D eigenvalue weighted by atomic mass is 16.5. The summed E-state index contributed by atoms with van der Waals surface area (Å²) in [5.74, 6) is -0.315. The van der Waals surface area contributed by atoms with Crippen LogP contribution >= 0.6 is 0 Å². The van der Waals surface area contributed by atoms with Crippen molar-refractivity contribution in [1.29, 1.82) is 0 Å². The smallest absolute Gasteiger partial charge is 0.307 e. The van der Waals surface area contributed by atoms with Gasteiger partial charge in [-0.3, -0.25) is 9.59 Å². The Morgan fingerprint density at radius 3 is 1.40 bits per heavy atom. The van der Waals surface area contributed by atoms with Crippen LogP contribution in [0.5, 0.6) is 0 Å². The summed E-state index contributed by atoms with van der Waals surface area (Å²) < 4.78 is 9.76. The molecule has 0 heterocycles. The summed E-state index contributed by atoms with van der Waals surface area (Å²) in [5.41, 5.74) is 0. The summed E-state index contributed by atoms with van der Waals surface area (Å²) in [6, 6.07) is 0. The molecule has 0 spiro atoms. The third-order valence-electron chi connectivity index (χ3n) is 2.87. The number of hydrogen-bond donors (Lipinski definition) is 0. The molecular formula is C14H28N2O4. The summed E-state index contributed by atoms with van der Waals surface area (Å²) in [6.45, 7) is 7.53. The molecule has 0 aliphatic rings. The van der Waals surface area contributed by atoms with Crippen molar-refractivity contribution in [2.45, 2.75) is 26.7 Å². The van der Waals surface area contributed by atoms with Crippen molar-refractivity contribution in [3.63, 3.8) is 0 Å². The predicted molar refractivity (Wildman–Crippen MR) is 77.5 cm³/mol. The van der Waals surface area contributed by atoms with Gasteiger partial charge in [-0.25, -0.2) is 0 Å². The van der Waals surface area contributed by atoms with Gasteiger partial charge in [-0.1, -0.05) is 0 Å². The van der Waals surface area contributed by atoms with Gasteiger partial charge in [0.05, 0.1) is 26.1 Å². The van der Waals surface area contributed by atoms with Crippen molar-refractivity contribution in [2.24, 2.45) is 0 Å². The van der Waals surface area contributed by atoms with E-state index in [0.717, 1.165) is 13.1 Å². The summed E-state index contributed by atoms with van der Waals surface area (Å²) in [5, 5.41) is 0. The molecule has 0 atom stereocenters. The Labute approximate surface area is 122 Å². The van der Waals surface area contributed by atoms with E-state index in [0.29, 0.717) is 39.1 Å². The highest BCUT2D eigenvalue weighted by molar-refractivity contribution is 5.69. The van der Waals surface area contributed by atoms with Crippen molar-refractivity contribution in [3.8, 4) is 0 Å². The molecule has 0 N–H and O–H groups in total. The molecule has 0 fully saturated rings. The summed E-state index contributed by atoms with van der Waals surface area (Å²) >= 11 is 0. The summed E-state index contributed by atoms with van der Waals surface area (Å²) in [7, 11) is 3.94. The Morgan fingerprint density at radius 2 is 1.10 bits per heavy atom. The molecule has 0 aromatic carbocycles. The van der Waals surface area contributed by atoms with Gasteiger partial charge in [0.1, 0.15) is 0 Å². The quantitative estimate of drug-likeness (QED) is 0.523. The maximum atomic E-state index is 11.2. The third-order valence-corrected chi connectivity index (χ3v) is 2.87. The minimum absolute atomic E-state index is 0.157. The van der Waals surface area contributed by atoms with E-state index in [4.69, 9.17) is 9.47 Å². The molecule has 0 aromatic rings. The van der Waals surface area contributed by atoms with Crippen LogP contribution in [0.1, 0.15) is 26.7 Å². The zero-order valence-corrected chi connectivity index (χ0v) is 13.2. The van der Waals surface area contributed by atoms with Crippen LogP contribution in [0, 0.1) is 0 Å². The molecule has 0 saturated heterocycles. The highest BCUT2D eigenvalue weighted by Gasteiger charge is 2.08. The lowest BCUT2D eigenvalue weighted by Crippen LogP contribution is -2.33. The van der Waals surface area contributed by atoms with Gasteiger partial charge in [0.25, 0.3) is 0 Å². The van der Waals surface area contributed by atoms with E-state index < -0.39 is 0 Å². The summed E-state index contributed by atoms with van der Waals surface area (Å²) in [4.78, 5) is 26.6. The molecule has 0 rings (SSSR count). The third kappa shape index (κ3) is 10.8. The van der Waals surface area contributed by atoms with Gasteiger partial charge >= 0.3 is 11.9 Å². The van der Waals surface area contributed by atoms with Crippen LogP contribution in [0.4, 0.5) is 0 Å². The molecule has 6 nitrogen and oxygen atoms in total. The lowest BCUT2D eigenvalue weighted by atomic mass is 10.3. The fourth-order valence-corrected chi connectivity index (χ4v) is 1.60. The molecule has 0 aromatic heterocycles. The number of esters is 2. The topological polar surface area (TPSA) is 59.1 Å². The fraction of sp³-hybridized carbons (Fsp3) is 0.857. The molecule has 118 valence electrons. The number of nitrogens with zero attached hydrogens (tertiary/aromatic N) is 2. The maximum absolute atomic E-state index is 11.2. The van der Waals surface area contributed by atoms with Crippen molar-refractivity contribution in [3.05, 3.63) is 0 Å². The second-order valence-corrected chi connectivity index (χ2v) is 4.72. The maximum Gasteiger partial charge on any atom is 0.307 e. The molecule has 20 heavy (non-hydrogen) atoms. The Balaban J connectivity index is 3.64. The fourth-order valence-electron chi connectivity index (χ4n) is 1.60. The van der Waals surface area contributed by atoms with Crippen molar-refractivity contribution < 1.29 is 19.1 Å². The first-order chi connectivity index (χ1) is 9.49. The van der Waals surface area contributed by atoms with Crippen molar-refractivity contribution >= 4 is 11.9 Å².